The van der Waals surface area contributed by atoms with E-state index in [4.69, 9.17) is 17.3 Å². The molecule has 1 aromatic heterocycles. The third-order valence-electron chi connectivity index (χ3n) is 2.70. The molecule has 2 N–H and O–H groups in total. The molecule has 1 heterocycles. The Morgan fingerprint density at radius 2 is 2.06 bits per heavy atom. The molecule has 1 atom stereocenters. The van der Waals surface area contributed by atoms with Crippen molar-refractivity contribution < 1.29 is 0 Å². The van der Waals surface area contributed by atoms with Gasteiger partial charge in [-0.15, -0.1) is 12.4 Å². The summed E-state index contributed by atoms with van der Waals surface area (Å²) < 4.78 is 0. The van der Waals surface area contributed by atoms with Gasteiger partial charge in [-0.25, -0.2) is 4.98 Å². The van der Waals surface area contributed by atoms with E-state index in [2.05, 4.69) is 11.9 Å². The number of rotatable bonds is 3. The quantitative estimate of drug-likeness (QED) is 0.853. The molecule has 0 aliphatic carbocycles. The lowest BCUT2D eigenvalue weighted by atomic mass is 10.0. The number of pyridine rings is 1. The van der Waals surface area contributed by atoms with Crippen molar-refractivity contribution in [2.75, 3.05) is 0 Å². The van der Waals surface area contributed by atoms with Gasteiger partial charge in [0, 0.05) is 17.0 Å². The first-order chi connectivity index (χ1) is 7.72. The van der Waals surface area contributed by atoms with Crippen LogP contribution >= 0.6 is 24.0 Å². The summed E-state index contributed by atoms with van der Waals surface area (Å²) in [6, 6.07) is 9.96. The summed E-state index contributed by atoms with van der Waals surface area (Å²) in [5, 5.41) is 1.62. The Morgan fingerprint density at radius 3 is 2.76 bits per heavy atom. The lowest BCUT2D eigenvalue weighted by molar-refractivity contribution is 0.637. The van der Waals surface area contributed by atoms with Crippen LogP contribution in [0.1, 0.15) is 31.4 Å². The summed E-state index contributed by atoms with van der Waals surface area (Å²) in [6.45, 7) is 2.11. The Balaban J connectivity index is 0.00000144. The van der Waals surface area contributed by atoms with E-state index in [1.165, 1.54) is 0 Å². The van der Waals surface area contributed by atoms with Gasteiger partial charge in [0.1, 0.15) is 5.15 Å². The highest BCUT2D eigenvalue weighted by Gasteiger charge is 2.11. The van der Waals surface area contributed by atoms with Crippen LogP contribution in [0.3, 0.4) is 0 Å². The molecule has 0 unspecified atom stereocenters. The molecule has 17 heavy (non-hydrogen) atoms. The first-order valence-corrected chi connectivity index (χ1v) is 5.91. The molecular formula is C13H16Cl2N2. The van der Waals surface area contributed by atoms with Crippen molar-refractivity contribution in [1.29, 1.82) is 0 Å². The topological polar surface area (TPSA) is 38.9 Å². The molecule has 0 spiro atoms. The minimum absolute atomic E-state index is 0. The number of nitrogens with two attached hydrogens (primary N) is 1. The van der Waals surface area contributed by atoms with Gasteiger partial charge in [0.15, 0.2) is 0 Å². The van der Waals surface area contributed by atoms with Gasteiger partial charge in [0.2, 0.25) is 0 Å². The van der Waals surface area contributed by atoms with Gasteiger partial charge < -0.3 is 5.73 Å². The van der Waals surface area contributed by atoms with Crippen molar-refractivity contribution in [3.05, 3.63) is 41.0 Å². The molecule has 0 aliphatic rings. The SMILES string of the molecule is CCC[C@H](N)c1cc2ccccc2nc1Cl.Cl. The molecule has 4 heteroatoms. The Bertz CT molecular complexity index is 500. The summed E-state index contributed by atoms with van der Waals surface area (Å²) >= 11 is 6.14. The van der Waals surface area contributed by atoms with Gasteiger partial charge in [0.25, 0.3) is 0 Å². The van der Waals surface area contributed by atoms with Crippen molar-refractivity contribution >= 4 is 34.9 Å². The summed E-state index contributed by atoms with van der Waals surface area (Å²) in [6.07, 6.45) is 1.98. The summed E-state index contributed by atoms with van der Waals surface area (Å²) in [7, 11) is 0. The molecule has 0 saturated carbocycles. The molecule has 2 rings (SSSR count). The molecule has 0 fully saturated rings. The number of benzene rings is 1. The normalized spacial score (nSPS) is 12.2. The van der Waals surface area contributed by atoms with Crippen LogP contribution in [-0.2, 0) is 0 Å². The van der Waals surface area contributed by atoms with E-state index in [1.807, 2.05) is 30.3 Å². The average Bonchev–Trinajstić information content (AvgIpc) is 2.28. The smallest absolute Gasteiger partial charge is 0.134 e. The zero-order valence-electron chi connectivity index (χ0n) is 9.69. The largest absolute Gasteiger partial charge is 0.324 e. The fourth-order valence-electron chi connectivity index (χ4n) is 1.84. The van der Waals surface area contributed by atoms with Gasteiger partial charge in [-0.2, -0.15) is 0 Å². The van der Waals surface area contributed by atoms with Crippen LogP contribution in [-0.4, -0.2) is 4.98 Å². The van der Waals surface area contributed by atoms with Gasteiger partial charge in [-0.1, -0.05) is 43.1 Å². The van der Waals surface area contributed by atoms with Gasteiger partial charge in [0.05, 0.1) is 5.52 Å². The van der Waals surface area contributed by atoms with Crippen molar-refractivity contribution in [3.8, 4) is 0 Å². The predicted molar refractivity (Wildman–Crippen MR) is 75.8 cm³/mol. The first kappa shape index (κ1) is 14.2. The van der Waals surface area contributed by atoms with Crippen LogP contribution in [0.2, 0.25) is 5.15 Å². The van der Waals surface area contributed by atoms with Crippen molar-refractivity contribution in [2.45, 2.75) is 25.8 Å². The summed E-state index contributed by atoms with van der Waals surface area (Å²) in [4.78, 5) is 4.36. The van der Waals surface area contributed by atoms with Gasteiger partial charge >= 0.3 is 0 Å². The van der Waals surface area contributed by atoms with Crippen molar-refractivity contribution in [2.24, 2.45) is 5.73 Å². The van der Waals surface area contributed by atoms with E-state index < -0.39 is 0 Å². The summed E-state index contributed by atoms with van der Waals surface area (Å²) in [5.74, 6) is 0. The predicted octanol–water partition coefficient (Wildman–Crippen LogP) is 4.11. The number of fused-ring (bicyclic) bond motifs is 1. The molecule has 0 saturated heterocycles. The highest BCUT2D eigenvalue weighted by atomic mass is 35.5. The Hall–Kier alpha value is -0.830. The second kappa shape index (κ2) is 6.20. The van der Waals surface area contributed by atoms with E-state index in [0.29, 0.717) is 5.15 Å². The van der Waals surface area contributed by atoms with E-state index in [9.17, 15) is 0 Å². The Labute approximate surface area is 113 Å². The average molecular weight is 271 g/mol. The van der Waals surface area contributed by atoms with Gasteiger partial charge in [-0.05, 0) is 18.6 Å². The number of halogens is 2. The maximum Gasteiger partial charge on any atom is 0.134 e. The van der Waals surface area contributed by atoms with Crippen LogP contribution in [0.4, 0.5) is 0 Å². The molecular weight excluding hydrogens is 255 g/mol. The maximum absolute atomic E-state index is 6.14. The highest BCUT2D eigenvalue weighted by Crippen LogP contribution is 2.26. The Kier molecular flexibility index (Phi) is 5.19. The molecule has 1 aromatic carbocycles. The van der Waals surface area contributed by atoms with Crippen molar-refractivity contribution in [1.82, 2.24) is 4.98 Å². The van der Waals surface area contributed by atoms with Crippen LogP contribution < -0.4 is 5.73 Å². The zero-order valence-corrected chi connectivity index (χ0v) is 11.3. The minimum atomic E-state index is -0.0189. The summed E-state index contributed by atoms with van der Waals surface area (Å²) in [5.41, 5.74) is 7.94. The molecule has 0 aliphatic heterocycles. The zero-order chi connectivity index (χ0) is 11.5. The van der Waals surface area contributed by atoms with Crippen LogP contribution in [0.15, 0.2) is 30.3 Å². The monoisotopic (exact) mass is 270 g/mol. The molecule has 2 nitrogen and oxygen atoms in total. The molecule has 0 radical (unpaired) electrons. The number of hydrogen-bond donors (Lipinski definition) is 1. The van der Waals surface area contributed by atoms with E-state index in [-0.39, 0.29) is 18.4 Å². The molecule has 2 aromatic rings. The fourth-order valence-corrected chi connectivity index (χ4v) is 2.12. The number of para-hydroxylation sites is 1. The van der Waals surface area contributed by atoms with E-state index in [1.54, 1.807) is 0 Å². The van der Waals surface area contributed by atoms with Crippen LogP contribution in [0.5, 0.6) is 0 Å². The van der Waals surface area contributed by atoms with E-state index in [0.717, 1.165) is 29.3 Å². The second-order valence-electron chi connectivity index (χ2n) is 3.96. The molecule has 92 valence electrons. The van der Waals surface area contributed by atoms with E-state index >= 15 is 0 Å². The number of hydrogen-bond acceptors (Lipinski definition) is 2. The lowest BCUT2D eigenvalue weighted by Gasteiger charge is -2.12. The third kappa shape index (κ3) is 3.09. The van der Waals surface area contributed by atoms with Crippen LogP contribution in [0.25, 0.3) is 10.9 Å². The minimum Gasteiger partial charge on any atom is -0.324 e. The number of nitrogens with zero attached hydrogens (tertiary/aromatic N) is 1. The maximum atomic E-state index is 6.14. The fraction of sp³-hybridized carbons (Fsp3) is 0.308. The molecule has 0 bridgehead atoms. The third-order valence-corrected chi connectivity index (χ3v) is 3.01. The lowest BCUT2D eigenvalue weighted by Crippen LogP contribution is -2.10. The van der Waals surface area contributed by atoms with Gasteiger partial charge in [-0.3, -0.25) is 0 Å². The van der Waals surface area contributed by atoms with Crippen molar-refractivity contribution in [3.63, 3.8) is 0 Å². The number of aromatic nitrogens is 1. The first-order valence-electron chi connectivity index (χ1n) is 5.53. The van der Waals surface area contributed by atoms with Crippen LogP contribution in [0, 0.1) is 0 Å². The highest BCUT2D eigenvalue weighted by molar-refractivity contribution is 6.30. The standard InChI is InChI=1S/C13H15ClN2.ClH/c1-2-5-11(15)10-8-9-6-3-4-7-12(9)16-13(10)14;/h3-4,6-8,11H,2,5,15H2,1H3;1H/t11-;/m0./s1. The Morgan fingerprint density at radius 1 is 1.35 bits per heavy atom. The second-order valence-corrected chi connectivity index (χ2v) is 4.31. The molecule has 0 amide bonds.